The van der Waals surface area contributed by atoms with Crippen molar-refractivity contribution < 1.29 is 4.79 Å². The molecule has 0 unspecified atom stereocenters. The first-order valence-electron chi connectivity index (χ1n) is 5.82. The number of hydrogen-bond acceptors (Lipinski definition) is 2. The third kappa shape index (κ3) is 3.49. The number of halogens is 2. The molecule has 0 amide bonds. The third-order valence-corrected chi connectivity index (χ3v) is 3.37. The molecule has 0 bridgehead atoms. The summed E-state index contributed by atoms with van der Waals surface area (Å²) in [6, 6.07) is 14.6. The Morgan fingerprint density at radius 2 is 1.79 bits per heavy atom. The number of hydrogen-bond donors (Lipinski definition) is 0. The summed E-state index contributed by atoms with van der Waals surface area (Å²) in [7, 11) is 1.87. The highest BCUT2D eigenvalue weighted by Crippen LogP contribution is 2.22. The maximum absolute atomic E-state index is 12.2. The Morgan fingerprint density at radius 1 is 1.11 bits per heavy atom. The van der Waals surface area contributed by atoms with Crippen molar-refractivity contribution in [1.29, 1.82) is 0 Å². The first kappa shape index (κ1) is 13.9. The number of rotatable bonds is 4. The zero-order valence-electron chi connectivity index (χ0n) is 10.4. The van der Waals surface area contributed by atoms with Gasteiger partial charge in [0.15, 0.2) is 5.78 Å². The largest absolute Gasteiger partial charge is 0.367 e. The summed E-state index contributed by atoms with van der Waals surface area (Å²) in [4.78, 5) is 14.1. The lowest BCUT2D eigenvalue weighted by atomic mass is 10.1. The number of carbonyl (C=O) groups excluding carboxylic acids is 1. The SMILES string of the molecule is CN(CC(=O)c1cc(Cl)ccc1Cl)c1ccccc1. The van der Waals surface area contributed by atoms with E-state index in [1.54, 1.807) is 18.2 Å². The summed E-state index contributed by atoms with van der Waals surface area (Å²) in [6.07, 6.45) is 0. The highest BCUT2D eigenvalue weighted by molar-refractivity contribution is 6.36. The molecule has 2 aromatic rings. The Kier molecular flexibility index (Phi) is 4.46. The van der Waals surface area contributed by atoms with E-state index in [4.69, 9.17) is 23.2 Å². The summed E-state index contributed by atoms with van der Waals surface area (Å²) >= 11 is 11.9. The highest BCUT2D eigenvalue weighted by Gasteiger charge is 2.13. The second kappa shape index (κ2) is 6.09. The summed E-state index contributed by atoms with van der Waals surface area (Å²) in [5.41, 5.74) is 1.44. The number of para-hydroxylation sites is 1. The minimum Gasteiger partial charge on any atom is -0.367 e. The van der Waals surface area contributed by atoms with Crippen LogP contribution in [0, 0.1) is 0 Å². The van der Waals surface area contributed by atoms with Crippen LogP contribution in [-0.4, -0.2) is 19.4 Å². The Balaban J connectivity index is 2.15. The van der Waals surface area contributed by atoms with Crippen LogP contribution < -0.4 is 4.90 Å². The minimum absolute atomic E-state index is 0.0566. The maximum Gasteiger partial charge on any atom is 0.183 e. The van der Waals surface area contributed by atoms with Crippen LogP contribution >= 0.6 is 23.2 Å². The van der Waals surface area contributed by atoms with Gasteiger partial charge in [0.25, 0.3) is 0 Å². The van der Waals surface area contributed by atoms with Gasteiger partial charge in [-0.05, 0) is 30.3 Å². The molecule has 0 aliphatic rings. The molecule has 0 radical (unpaired) electrons. The van der Waals surface area contributed by atoms with Gasteiger partial charge < -0.3 is 4.90 Å². The maximum atomic E-state index is 12.2. The predicted molar refractivity (Wildman–Crippen MR) is 80.5 cm³/mol. The molecule has 2 nitrogen and oxygen atoms in total. The molecular weight excluding hydrogens is 281 g/mol. The zero-order chi connectivity index (χ0) is 13.8. The quantitative estimate of drug-likeness (QED) is 0.783. The van der Waals surface area contributed by atoms with Gasteiger partial charge in [-0.3, -0.25) is 4.79 Å². The molecule has 0 fully saturated rings. The fraction of sp³-hybridized carbons (Fsp3) is 0.133. The fourth-order valence-electron chi connectivity index (χ4n) is 1.79. The van der Waals surface area contributed by atoms with Gasteiger partial charge in [0, 0.05) is 23.3 Å². The Morgan fingerprint density at radius 3 is 2.47 bits per heavy atom. The monoisotopic (exact) mass is 293 g/mol. The lowest BCUT2D eigenvalue weighted by molar-refractivity contribution is 0.100. The van der Waals surface area contributed by atoms with Gasteiger partial charge >= 0.3 is 0 Å². The van der Waals surface area contributed by atoms with Gasteiger partial charge in [0.05, 0.1) is 11.6 Å². The van der Waals surface area contributed by atoms with Crippen LogP contribution in [-0.2, 0) is 0 Å². The number of anilines is 1. The molecule has 0 aliphatic heterocycles. The molecule has 98 valence electrons. The minimum atomic E-state index is -0.0566. The Bertz CT molecular complexity index is 584. The number of likely N-dealkylation sites (N-methyl/N-ethyl adjacent to an activating group) is 1. The van der Waals surface area contributed by atoms with E-state index in [0.717, 1.165) is 5.69 Å². The lowest BCUT2D eigenvalue weighted by Crippen LogP contribution is -2.25. The number of nitrogens with zero attached hydrogens (tertiary/aromatic N) is 1. The summed E-state index contributed by atoms with van der Waals surface area (Å²) < 4.78 is 0. The Labute approximate surface area is 122 Å². The molecule has 0 saturated heterocycles. The van der Waals surface area contributed by atoms with Gasteiger partial charge in [-0.15, -0.1) is 0 Å². The van der Waals surface area contributed by atoms with Gasteiger partial charge in [0.2, 0.25) is 0 Å². The van der Waals surface area contributed by atoms with Crippen molar-refractivity contribution in [3.05, 3.63) is 64.1 Å². The van der Waals surface area contributed by atoms with Crippen molar-refractivity contribution in [3.8, 4) is 0 Å². The van der Waals surface area contributed by atoms with Crippen molar-refractivity contribution in [1.82, 2.24) is 0 Å². The van der Waals surface area contributed by atoms with Gasteiger partial charge in [-0.2, -0.15) is 0 Å². The van der Waals surface area contributed by atoms with Crippen molar-refractivity contribution in [3.63, 3.8) is 0 Å². The van der Waals surface area contributed by atoms with Gasteiger partial charge in [-0.1, -0.05) is 41.4 Å². The van der Waals surface area contributed by atoms with E-state index in [1.807, 2.05) is 42.3 Å². The third-order valence-electron chi connectivity index (χ3n) is 2.81. The van der Waals surface area contributed by atoms with E-state index in [0.29, 0.717) is 15.6 Å². The molecule has 0 N–H and O–H groups in total. The second-order valence-electron chi connectivity index (χ2n) is 4.24. The summed E-state index contributed by atoms with van der Waals surface area (Å²) in [6.45, 7) is 0.254. The molecule has 0 aliphatic carbocycles. The van der Waals surface area contributed by atoms with Crippen LogP contribution in [0.1, 0.15) is 10.4 Å². The van der Waals surface area contributed by atoms with Crippen molar-refractivity contribution >= 4 is 34.7 Å². The smallest absolute Gasteiger partial charge is 0.183 e. The van der Waals surface area contributed by atoms with Crippen molar-refractivity contribution in [2.75, 3.05) is 18.5 Å². The lowest BCUT2D eigenvalue weighted by Gasteiger charge is -2.18. The van der Waals surface area contributed by atoms with Gasteiger partial charge in [0.1, 0.15) is 0 Å². The standard InChI is InChI=1S/C15H13Cl2NO/c1-18(12-5-3-2-4-6-12)10-15(19)13-9-11(16)7-8-14(13)17/h2-9H,10H2,1H3. The van der Waals surface area contributed by atoms with Gasteiger partial charge in [-0.25, -0.2) is 0 Å². The number of carbonyl (C=O) groups is 1. The topological polar surface area (TPSA) is 20.3 Å². The van der Waals surface area contributed by atoms with Crippen LogP contribution in [0.4, 0.5) is 5.69 Å². The van der Waals surface area contributed by atoms with E-state index in [9.17, 15) is 4.79 Å². The summed E-state index contributed by atoms with van der Waals surface area (Å²) in [5, 5.41) is 0.936. The van der Waals surface area contributed by atoms with Crippen molar-refractivity contribution in [2.24, 2.45) is 0 Å². The fourth-order valence-corrected chi connectivity index (χ4v) is 2.18. The molecule has 0 heterocycles. The van der Waals surface area contributed by atoms with Crippen LogP contribution in [0.15, 0.2) is 48.5 Å². The van der Waals surface area contributed by atoms with Crippen LogP contribution in [0.5, 0.6) is 0 Å². The molecule has 0 atom stereocenters. The van der Waals surface area contributed by atoms with Crippen LogP contribution in [0.25, 0.3) is 0 Å². The van der Waals surface area contributed by atoms with E-state index in [-0.39, 0.29) is 12.3 Å². The average molecular weight is 294 g/mol. The molecule has 19 heavy (non-hydrogen) atoms. The Hall–Kier alpha value is -1.51. The zero-order valence-corrected chi connectivity index (χ0v) is 11.9. The van der Waals surface area contributed by atoms with E-state index in [1.165, 1.54) is 0 Å². The second-order valence-corrected chi connectivity index (χ2v) is 5.08. The number of benzene rings is 2. The number of Topliss-reactive ketones (excluding diaryl/α,β-unsaturated/α-hetero) is 1. The molecule has 2 aromatic carbocycles. The molecule has 0 saturated carbocycles. The first-order chi connectivity index (χ1) is 9.08. The van der Waals surface area contributed by atoms with E-state index < -0.39 is 0 Å². The molecule has 2 rings (SSSR count). The molecular formula is C15H13Cl2NO. The summed E-state index contributed by atoms with van der Waals surface area (Å²) in [5.74, 6) is -0.0566. The first-order valence-corrected chi connectivity index (χ1v) is 6.58. The predicted octanol–water partition coefficient (Wildman–Crippen LogP) is 4.31. The number of ketones is 1. The van der Waals surface area contributed by atoms with Crippen LogP contribution in [0.2, 0.25) is 10.0 Å². The highest BCUT2D eigenvalue weighted by atomic mass is 35.5. The normalized spacial score (nSPS) is 10.3. The van der Waals surface area contributed by atoms with Crippen molar-refractivity contribution in [2.45, 2.75) is 0 Å². The van der Waals surface area contributed by atoms with E-state index >= 15 is 0 Å². The molecule has 0 aromatic heterocycles. The van der Waals surface area contributed by atoms with E-state index in [2.05, 4.69) is 0 Å². The average Bonchev–Trinajstić information content (AvgIpc) is 2.42. The molecule has 4 heteroatoms. The molecule has 0 spiro atoms. The van der Waals surface area contributed by atoms with Crippen LogP contribution in [0.3, 0.4) is 0 Å².